The monoisotopic (exact) mass is 611 g/mol. The van der Waals surface area contributed by atoms with Gasteiger partial charge < -0.3 is 42.3 Å². The van der Waals surface area contributed by atoms with Gasteiger partial charge in [0.2, 0.25) is 29.5 Å². The number of nitrogens with one attached hydrogen (secondary N) is 5. The number of aliphatic carboxylic acids is 1. The number of hydrogen-bond donors (Lipinski definition) is 7. The minimum atomic E-state index is -1.19. The van der Waals surface area contributed by atoms with E-state index in [2.05, 4.69) is 33.2 Å². The fourth-order valence-electron chi connectivity index (χ4n) is 4.74. The van der Waals surface area contributed by atoms with Gasteiger partial charge in [0.25, 0.3) is 0 Å². The molecule has 5 atom stereocenters. The number of nitrogens with two attached hydrogens (primary N) is 1. The quantitative estimate of drug-likeness (QED) is 0.144. The Morgan fingerprint density at radius 2 is 1.83 bits per heavy atom. The molecule has 0 radical (unpaired) electrons. The maximum absolute atomic E-state index is 13.6. The van der Waals surface area contributed by atoms with Crippen LogP contribution < -0.4 is 32.3 Å². The van der Waals surface area contributed by atoms with Gasteiger partial charge in [-0.25, -0.2) is 0 Å². The first kappa shape index (κ1) is 34.9. The van der Waals surface area contributed by atoms with Crippen molar-refractivity contribution in [1.29, 1.82) is 0 Å². The van der Waals surface area contributed by atoms with E-state index < -0.39 is 72.3 Å². The van der Waals surface area contributed by atoms with Gasteiger partial charge in [0.15, 0.2) is 0 Å². The highest BCUT2D eigenvalue weighted by Crippen LogP contribution is 2.21. The number of rotatable bonds is 11. The number of carbonyl (C=O) groups is 6. The summed E-state index contributed by atoms with van der Waals surface area (Å²) in [6.45, 7) is 10.9. The van der Waals surface area contributed by atoms with Gasteiger partial charge in [-0.15, -0.1) is 0 Å². The summed E-state index contributed by atoms with van der Waals surface area (Å²) in [6.07, 6.45) is 1.48. The molecule has 42 heavy (non-hydrogen) atoms. The number of carboxylic acids is 1. The summed E-state index contributed by atoms with van der Waals surface area (Å²) >= 11 is 1.28. The lowest BCUT2D eigenvalue weighted by Gasteiger charge is -2.29. The fraction of sp³-hybridized carbons (Fsp3) is 0.704. The van der Waals surface area contributed by atoms with E-state index in [0.29, 0.717) is 25.8 Å². The standard InChI is InChI=1S/C27H45N7O7S/c1-14(2)9-17(28)24(38)33-19-13-42-12-18(16(5)31-23(15(3)4)26(40)30-11-22(36)37)32-21(35)10-29-25(39)20-7-6-8-34(20)27(19)41/h14-15,17-20,23,31H,5-13,28H2,1-4H3,(H,29,39)(H,30,40)(H,32,35)(H,33,38)(H,36,37)/t17-,18-,19+,20-,23-/m0/s1. The molecular weight excluding hydrogens is 566 g/mol. The number of carbonyl (C=O) groups excluding carboxylic acids is 5. The molecule has 0 unspecified atom stereocenters. The predicted molar refractivity (Wildman–Crippen MR) is 158 cm³/mol. The number of fused-ring (bicyclic) bond motifs is 1. The zero-order valence-electron chi connectivity index (χ0n) is 24.7. The summed E-state index contributed by atoms with van der Waals surface area (Å²) in [5.41, 5.74) is 6.36. The summed E-state index contributed by atoms with van der Waals surface area (Å²) in [6, 6.07) is -4.10. The van der Waals surface area contributed by atoms with E-state index in [1.54, 1.807) is 13.8 Å². The Balaban J connectivity index is 2.26. The van der Waals surface area contributed by atoms with E-state index in [9.17, 15) is 28.8 Å². The Hall–Kier alpha value is -3.33. The average Bonchev–Trinajstić information content (AvgIpc) is 3.40. The molecular formula is C27H45N7O7S. The van der Waals surface area contributed by atoms with Gasteiger partial charge in [-0.1, -0.05) is 34.3 Å². The van der Waals surface area contributed by atoms with Gasteiger partial charge in [0.05, 0.1) is 18.6 Å². The fourth-order valence-corrected chi connectivity index (χ4v) is 5.86. The molecule has 2 saturated heterocycles. The molecule has 0 spiro atoms. The summed E-state index contributed by atoms with van der Waals surface area (Å²) < 4.78 is 0. The Kier molecular flexibility index (Phi) is 13.6. The van der Waals surface area contributed by atoms with Crippen LogP contribution in [0.1, 0.15) is 47.0 Å². The summed E-state index contributed by atoms with van der Waals surface area (Å²) in [5, 5.41) is 22.4. The normalized spacial score (nSPS) is 23.4. The van der Waals surface area contributed by atoms with Gasteiger partial charge in [0.1, 0.15) is 24.7 Å². The van der Waals surface area contributed by atoms with Crippen molar-refractivity contribution in [3.63, 3.8) is 0 Å². The van der Waals surface area contributed by atoms with Crippen LogP contribution in [0.2, 0.25) is 0 Å². The van der Waals surface area contributed by atoms with Gasteiger partial charge >= 0.3 is 5.97 Å². The van der Waals surface area contributed by atoms with Gasteiger partial charge in [0, 0.05) is 23.7 Å². The van der Waals surface area contributed by atoms with Gasteiger partial charge in [-0.2, -0.15) is 11.8 Å². The smallest absolute Gasteiger partial charge is 0.322 e. The van der Waals surface area contributed by atoms with E-state index in [1.807, 2.05) is 13.8 Å². The number of hydrogen-bond acceptors (Lipinski definition) is 9. The minimum Gasteiger partial charge on any atom is -0.480 e. The Labute approximate surface area is 250 Å². The molecule has 2 heterocycles. The van der Waals surface area contributed by atoms with Crippen LogP contribution in [0.5, 0.6) is 0 Å². The van der Waals surface area contributed by atoms with Crippen LogP contribution in [0.4, 0.5) is 0 Å². The molecule has 0 bridgehead atoms. The van der Waals surface area contributed by atoms with Crippen LogP contribution in [0.25, 0.3) is 0 Å². The topological polar surface area (TPSA) is 212 Å². The molecule has 15 heteroatoms. The van der Waals surface area contributed by atoms with Crippen molar-refractivity contribution in [3.8, 4) is 0 Å². The number of carboxylic acid groups (broad SMARTS) is 1. The zero-order chi connectivity index (χ0) is 31.6. The lowest BCUT2D eigenvalue weighted by Crippen LogP contribution is -2.56. The molecule has 5 amide bonds. The molecule has 2 aliphatic heterocycles. The Morgan fingerprint density at radius 1 is 1.14 bits per heavy atom. The molecule has 2 fully saturated rings. The third-order valence-corrected chi connectivity index (χ3v) is 8.11. The maximum atomic E-state index is 13.6. The maximum Gasteiger partial charge on any atom is 0.322 e. The SMILES string of the molecule is C=C(N[C@H](C(=O)NCC(=O)O)C(C)C)[C@@H]1CSC[C@@H](NC(=O)[C@@H](N)CC(C)C)C(=O)N2CCC[C@H]2C(=O)NCC(=O)N1. The molecule has 0 aromatic carbocycles. The van der Waals surface area contributed by atoms with Crippen molar-refractivity contribution >= 4 is 47.3 Å². The van der Waals surface area contributed by atoms with E-state index in [1.165, 1.54) is 16.7 Å². The second-order valence-corrected chi connectivity index (χ2v) is 12.4. The number of nitrogens with zero attached hydrogens (tertiary/aromatic N) is 1. The molecule has 0 aliphatic carbocycles. The van der Waals surface area contributed by atoms with Crippen molar-refractivity contribution in [1.82, 2.24) is 31.5 Å². The largest absolute Gasteiger partial charge is 0.480 e. The first-order chi connectivity index (χ1) is 19.7. The van der Waals surface area contributed by atoms with Crippen LogP contribution in [-0.2, 0) is 28.8 Å². The second-order valence-electron chi connectivity index (χ2n) is 11.4. The van der Waals surface area contributed by atoms with Crippen molar-refractivity contribution in [3.05, 3.63) is 12.3 Å². The molecule has 2 aliphatic rings. The molecule has 8 N–H and O–H groups in total. The summed E-state index contributed by atoms with van der Waals surface area (Å²) in [7, 11) is 0. The molecule has 236 valence electrons. The van der Waals surface area contributed by atoms with E-state index >= 15 is 0 Å². The molecule has 2 rings (SSSR count). The van der Waals surface area contributed by atoms with E-state index in [0.717, 1.165) is 0 Å². The van der Waals surface area contributed by atoms with Crippen LogP contribution in [0.3, 0.4) is 0 Å². The predicted octanol–water partition coefficient (Wildman–Crippen LogP) is -1.49. The van der Waals surface area contributed by atoms with Gasteiger partial charge in [-0.05, 0) is 31.1 Å². The first-order valence-corrected chi connectivity index (χ1v) is 15.3. The highest BCUT2D eigenvalue weighted by Gasteiger charge is 2.38. The lowest BCUT2D eigenvalue weighted by atomic mass is 10.0. The third kappa shape index (κ3) is 10.5. The summed E-state index contributed by atoms with van der Waals surface area (Å²) in [4.78, 5) is 77.3. The van der Waals surface area contributed by atoms with Crippen molar-refractivity contribution in [2.75, 3.05) is 31.1 Å². The van der Waals surface area contributed by atoms with Crippen molar-refractivity contribution in [2.24, 2.45) is 17.6 Å². The van der Waals surface area contributed by atoms with Crippen LogP contribution in [0, 0.1) is 11.8 Å². The molecule has 0 saturated carbocycles. The molecule has 0 aromatic rings. The zero-order valence-corrected chi connectivity index (χ0v) is 25.6. The third-order valence-electron chi connectivity index (χ3n) is 6.97. The van der Waals surface area contributed by atoms with Crippen LogP contribution in [0.15, 0.2) is 12.3 Å². The highest BCUT2D eigenvalue weighted by atomic mass is 32.2. The van der Waals surface area contributed by atoms with E-state index in [-0.39, 0.29) is 35.6 Å². The second kappa shape index (κ2) is 16.3. The van der Waals surface area contributed by atoms with Crippen LogP contribution in [-0.4, -0.2) is 107 Å². The van der Waals surface area contributed by atoms with Gasteiger partial charge in [-0.3, -0.25) is 28.8 Å². The van der Waals surface area contributed by atoms with E-state index in [4.69, 9.17) is 10.8 Å². The molecule has 0 aromatic heterocycles. The minimum absolute atomic E-state index is 0.135. The number of thioether (sulfide) groups is 1. The first-order valence-electron chi connectivity index (χ1n) is 14.2. The average molecular weight is 612 g/mol. The van der Waals surface area contributed by atoms with Crippen molar-refractivity contribution < 1.29 is 33.9 Å². The number of amides is 5. The van der Waals surface area contributed by atoms with Crippen molar-refractivity contribution in [2.45, 2.75) is 77.2 Å². The Bertz CT molecular complexity index is 1040. The Morgan fingerprint density at radius 3 is 2.45 bits per heavy atom. The van der Waals surface area contributed by atoms with Crippen LogP contribution >= 0.6 is 11.8 Å². The lowest BCUT2D eigenvalue weighted by molar-refractivity contribution is -0.141. The summed E-state index contributed by atoms with van der Waals surface area (Å²) in [5.74, 6) is -3.28. The molecule has 14 nitrogen and oxygen atoms in total. The highest BCUT2D eigenvalue weighted by molar-refractivity contribution is 7.99.